The molecule has 2 aromatic carbocycles. The zero-order valence-corrected chi connectivity index (χ0v) is 27.3. The Hall–Kier alpha value is -4.38. The van der Waals surface area contributed by atoms with E-state index >= 15 is 0 Å². The van der Waals surface area contributed by atoms with Crippen LogP contribution in [0, 0.1) is 11.8 Å². The lowest BCUT2D eigenvalue weighted by Crippen LogP contribution is -2.63. The van der Waals surface area contributed by atoms with Crippen LogP contribution < -0.4 is 20.1 Å². The van der Waals surface area contributed by atoms with E-state index < -0.39 is 12.1 Å². The molecular formula is C36H46N6O5. The molecule has 0 aliphatic carbocycles. The molecule has 4 heterocycles. The van der Waals surface area contributed by atoms with Gasteiger partial charge in [0.05, 0.1) is 20.0 Å². The molecule has 0 unspecified atom stereocenters. The van der Waals surface area contributed by atoms with Gasteiger partial charge in [-0.1, -0.05) is 42.5 Å². The third-order valence-corrected chi connectivity index (χ3v) is 9.73. The van der Waals surface area contributed by atoms with E-state index in [4.69, 9.17) is 9.47 Å². The molecule has 0 saturated carbocycles. The van der Waals surface area contributed by atoms with E-state index in [2.05, 4.69) is 26.6 Å². The van der Waals surface area contributed by atoms with Crippen LogP contribution in [-0.4, -0.2) is 88.5 Å². The fourth-order valence-corrected chi connectivity index (χ4v) is 7.52. The molecule has 0 spiro atoms. The highest BCUT2D eigenvalue weighted by molar-refractivity contribution is 5.92. The molecule has 3 saturated heterocycles. The third-order valence-electron chi connectivity index (χ3n) is 9.73. The molecule has 11 heteroatoms. The highest BCUT2D eigenvalue weighted by Crippen LogP contribution is 2.38. The van der Waals surface area contributed by atoms with Crippen LogP contribution in [0.3, 0.4) is 0 Å². The molecule has 3 fully saturated rings. The van der Waals surface area contributed by atoms with Gasteiger partial charge in [0.25, 0.3) is 0 Å². The van der Waals surface area contributed by atoms with Gasteiger partial charge in [0.1, 0.15) is 18.7 Å². The summed E-state index contributed by atoms with van der Waals surface area (Å²) in [5, 5.41) is 5.82. The van der Waals surface area contributed by atoms with Gasteiger partial charge in [0.2, 0.25) is 17.7 Å². The van der Waals surface area contributed by atoms with E-state index in [9.17, 15) is 14.4 Å². The lowest BCUT2D eigenvalue weighted by atomic mass is 9.77. The summed E-state index contributed by atoms with van der Waals surface area (Å²) >= 11 is 0. The van der Waals surface area contributed by atoms with Gasteiger partial charge in [-0.2, -0.15) is 0 Å². The number of nitrogens with one attached hydrogen (secondary N) is 2. The largest absolute Gasteiger partial charge is 0.493 e. The number of hydrogen-bond donors (Lipinski definition) is 2. The fourth-order valence-electron chi connectivity index (χ4n) is 7.52. The number of fused-ring (bicyclic) bond motifs is 4. The molecule has 0 radical (unpaired) electrons. The van der Waals surface area contributed by atoms with Crippen molar-refractivity contribution in [3.05, 3.63) is 78.4 Å². The third kappa shape index (κ3) is 7.96. The maximum atomic E-state index is 14.4. The van der Waals surface area contributed by atoms with E-state index in [0.717, 1.165) is 42.8 Å². The first-order valence-electron chi connectivity index (χ1n) is 16.8. The van der Waals surface area contributed by atoms with Crippen LogP contribution >= 0.6 is 0 Å². The molecule has 47 heavy (non-hydrogen) atoms. The van der Waals surface area contributed by atoms with Crippen molar-refractivity contribution in [3.8, 4) is 11.5 Å². The number of piperidine rings is 2. The molecule has 11 nitrogen and oxygen atoms in total. The molecule has 3 amide bonds. The zero-order chi connectivity index (χ0) is 32.8. The highest BCUT2D eigenvalue weighted by Gasteiger charge is 2.44. The standard InChI is InChI=1S/C36H46N6O5/c1-25-35(44)39-30(19-26-8-4-3-5-9-26)36(45)42-21-27-18-29(31(42)11-7-13-33(43)38-25)23-41(20-27)22-28-10-6-12-32(46-2)34(28)47-17-16-40-15-14-37-24-40/h3-6,8-10,12,14-15,24-25,27,29-31H,7,11,13,16-23H2,1-2H3,(H,38,43)(H,39,44)/t25-,27+,29-,30+,31+/m1/s1. The zero-order valence-electron chi connectivity index (χ0n) is 27.3. The number of ether oxygens (including phenoxy) is 2. The van der Waals surface area contributed by atoms with Gasteiger partial charge < -0.3 is 29.6 Å². The highest BCUT2D eigenvalue weighted by atomic mass is 16.5. The number of para-hydroxylation sites is 1. The topological polar surface area (TPSA) is 118 Å². The maximum Gasteiger partial charge on any atom is 0.245 e. The minimum Gasteiger partial charge on any atom is -0.493 e. The normalized spacial score (nSPS) is 25.5. The van der Waals surface area contributed by atoms with Crippen LogP contribution in [0.15, 0.2) is 67.3 Å². The fraction of sp³-hybridized carbons (Fsp3) is 0.500. The second kappa shape index (κ2) is 15.0. The lowest BCUT2D eigenvalue weighted by Gasteiger charge is -2.51. The van der Waals surface area contributed by atoms with Gasteiger partial charge in [-0.3, -0.25) is 19.3 Å². The van der Waals surface area contributed by atoms with Crippen LogP contribution in [0.2, 0.25) is 0 Å². The van der Waals surface area contributed by atoms with Crippen LogP contribution in [0.25, 0.3) is 0 Å². The number of hydrogen-bond acceptors (Lipinski definition) is 7. The molecule has 5 atom stereocenters. The van der Waals surface area contributed by atoms with Gasteiger partial charge in [0, 0.05) is 63.0 Å². The molecule has 3 aliphatic rings. The van der Waals surface area contributed by atoms with Gasteiger partial charge in [-0.05, 0) is 49.7 Å². The Labute approximate surface area is 276 Å². The van der Waals surface area contributed by atoms with Crippen molar-refractivity contribution < 1.29 is 23.9 Å². The minimum absolute atomic E-state index is 0.0161. The van der Waals surface area contributed by atoms with E-state index in [-0.39, 0.29) is 29.7 Å². The van der Waals surface area contributed by atoms with Crippen molar-refractivity contribution in [3.63, 3.8) is 0 Å². The van der Waals surface area contributed by atoms with Crippen LogP contribution in [0.5, 0.6) is 11.5 Å². The summed E-state index contributed by atoms with van der Waals surface area (Å²) in [4.78, 5) is 48.9. The number of amides is 3. The number of carbonyl (C=O) groups excluding carboxylic acids is 3. The first-order valence-corrected chi connectivity index (χ1v) is 16.8. The summed E-state index contributed by atoms with van der Waals surface area (Å²) in [6.07, 6.45) is 8.61. The number of methoxy groups -OCH3 is 1. The molecule has 250 valence electrons. The van der Waals surface area contributed by atoms with Gasteiger partial charge in [-0.25, -0.2) is 4.98 Å². The van der Waals surface area contributed by atoms with Crippen molar-refractivity contribution in [2.24, 2.45) is 11.8 Å². The van der Waals surface area contributed by atoms with Crippen molar-refractivity contribution in [1.82, 2.24) is 30.0 Å². The quantitative estimate of drug-likeness (QED) is 0.369. The van der Waals surface area contributed by atoms with E-state index in [1.165, 1.54) is 0 Å². The van der Waals surface area contributed by atoms with E-state index in [1.54, 1.807) is 26.6 Å². The molecule has 2 bridgehead atoms. The van der Waals surface area contributed by atoms with Crippen molar-refractivity contribution in [1.29, 1.82) is 0 Å². The van der Waals surface area contributed by atoms with Crippen LogP contribution in [-0.2, 0) is 33.9 Å². The molecule has 2 N–H and O–H groups in total. The van der Waals surface area contributed by atoms with Crippen molar-refractivity contribution in [2.45, 2.75) is 70.2 Å². The molecular weight excluding hydrogens is 596 g/mol. The van der Waals surface area contributed by atoms with Gasteiger partial charge in [-0.15, -0.1) is 0 Å². The Kier molecular flexibility index (Phi) is 10.4. The summed E-state index contributed by atoms with van der Waals surface area (Å²) < 4.78 is 14.0. The Morgan fingerprint density at radius 3 is 2.64 bits per heavy atom. The number of likely N-dealkylation sites (tertiary alicyclic amines) is 1. The summed E-state index contributed by atoms with van der Waals surface area (Å²) in [5.74, 6) is 1.51. The van der Waals surface area contributed by atoms with Crippen LogP contribution in [0.4, 0.5) is 0 Å². The lowest BCUT2D eigenvalue weighted by molar-refractivity contribution is -0.146. The number of aromatic nitrogens is 2. The van der Waals surface area contributed by atoms with Crippen molar-refractivity contribution in [2.75, 3.05) is 33.4 Å². The Balaban J connectivity index is 1.20. The Bertz CT molecular complexity index is 1520. The summed E-state index contributed by atoms with van der Waals surface area (Å²) in [6, 6.07) is 14.4. The van der Waals surface area contributed by atoms with Gasteiger partial charge in [0.15, 0.2) is 11.5 Å². The van der Waals surface area contributed by atoms with E-state index in [1.807, 2.05) is 58.1 Å². The predicted octanol–water partition coefficient (Wildman–Crippen LogP) is 3.04. The molecule has 3 aliphatic heterocycles. The second-order valence-electron chi connectivity index (χ2n) is 13.1. The second-order valence-corrected chi connectivity index (χ2v) is 13.1. The molecule has 3 aromatic rings. The molecule has 1 aromatic heterocycles. The first kappa shape index (κ1) is 32.6. The number of nitrogens with zero attached hydrogens (tertiary/aromatic N) is 4. The SMILES string of the molecule is COc1cccc(CN2C[C@@H]3C[C@H](C2)[C@@H]2CCCC(=O)N[C@H](C)C(=O)N[C@@H](Cc4ccccc4)C(=O)N2C3)c1OCCn1ccnc1. The van der Waals surface area contributed by atoms with Crippen molar-refractivity contribution >= 4 is 17.7 Å². The maximum absolute atomic E-state index is 14.4. The van der Waals surface area contributed by atoms with E-state index in [0.29, 0.717) is 57.2 Å². The minimum atomic E-state index is -0.713. The number of carbonyl (C=O) groups is 3. The van der Waals surface area contributed by atoms with Crippen LogP contribution in [0.1, 0.15) is 43.7 Å². The Morgan fingerprint density at radius 1 is 1.00 bits per heavy atom. The first-order chi connectivity index (χ1) is 22.9. The Morgan fingerprint density at radius 2 is 1.85 bits per heavy atom. The number of imidazole rings is 1. The summed E-state index contributed by atoms with van der Waals surface area (Å²) in [5.41, 5.74) is 2.05. The van der Waals surface area contributed by atoms with Gasteiger partial charge >= 0.3 is 0 Å². The smallest absolute Gasteiger partial charge is 0.245 e. The average molecular weight is 643 g/mol. The predicted molar refractivity (Wildman–Crippen MR) is 177 cm³/mol. The average Bonchev–Trinajstić information content (AvgIpc) is 3.59. The summed E-state index contributed by atoms with van der Waals surface area (Å²) in [6.45, 7) is 5.86. The number of benzene rings is 2. The number of rotatable bonds is 9. The summed E-state index contributed by atoms with van der Waals surface area (Å²) in [7, 11) is 1.66. The monoisotopic (exact) mass is 642 g/mol. The molecule has 6 rings (SSSR count).